The van der Waals surface area contributed by atoms with Crippen molar-refractivity contribution >= 4 is 16.6 Å². The van der Waals surface area contributed by atoms with E-state index in [1.165, 1.54) is 5.69 Å². The van der Waals surface area contributed by atoms with Gasteiger partial charge in [0.25, 0.3) is 5.56 Å². The highest BCUT2D eigenvalue weighted by atomic mass is 16.5. The second-order valence-corrected chi connectivity index (χ2v) is 9.76. The molecular formula is C27H31N7O2. The topological polar surface area (TPSA) is 92.2 Å². The second-order valence-electron chi connectivity index (χ2n) is 9.76. The number of aromatic nitrogens is 5. The Balaban J connectivity index is 1.37. The van der Waals surface area contributed by atoms with Gasteiger partial charge >= 0.3 is 0 Å². The number of hydrogen-bond donors (Lipinski definition) is 1. The van der Waals surface area contributed by atoms with E-state index in [0.717, 1.165) is 62.1 Å². The highest BCUT2D eigenvalue weighted by Crippen LogP contribution is 2.29. The van der Waals surface area contributed by atoms with E-state index in [1.807, 2.05) is 29.8 Å². The molecule has 2 fully saturated rings. The molecule has 0 aliphatic carbocycles. The van der Waals surface area contributed by atoms with E-state index < -0.39 is 0 Å². The Morgan fingerprint density at radius 3 is 2.69 bits per heavy atom. The molecule has 0 saturated carbocycles. The van der Waals surface area contributed by atoms with Crippen LogP contribution in [-0.4, -0.2) is 69.0 Å². The first-order valence-electron chi connectivity index (χ1n) is 12.7. The first-order chi connectivity index (χ1) is 17.7. The Kier molecular flexibility index (Phi) is 6.25. The number of aryl methyl sites for hydroxylation is 1. The highest BCUT2D eigenvalue weighted by molar-refractivity contribution is 5.79. The number of piperazine rings is 1. The predicted molar refractivity (Wildman–Crippen MR) is 138 cm³/mol. The molecule has 186 valence electrons. The van der Waals surface area contributed by atoms with Gasteiger partial charge in [-0.3, -0.25) is 9.69 Å². The van der Waals surface area contributed by atoms with E-state index in [-0.39, 0.29) is 17.7 Å². The normalized spacial score (nSPS) is 19.7. The average Bonchev–Trinajstić information content (AvgIpc) is 3.58. The molecule has 4 aromatic rings. The minimum absolute atomic E-state index is 0.0979. The molecule has 1 N–H and O–H groups in total. The van der Waals surface area contributed by atoms with Crippen LogP contribution in [0.15, 0.2) is 59.4 Å². The van der Waals surface area contributed by atoms with Crippen LogP contribution in [0.5, 0.6) is 0 Å². The Labute approximate surface area is 209 Å². The van der Waals surface area contributed by atoms with Crippen LogP contribution >= 0.6 is 0 Å². The van der Waals surface area contributed by atoms with Crippen molar-refractivity contribution in [1.29, 1.82) is 0 Å². The molecule has 0 amide bonds. The number of H-pyrrole nitrogens is 1. The number of anilines is 1. The molecule has 36 heavy (non-hydrogen) atoms. The van der Waals surface area contributed by atoms with Gasteiger partial charge in [-0.1, -0.05) is 30.3 Å². The van der Waals surface area contributed by atoms with Crippen molar-refractivity contribution < 1.29 is 4.74 Å². The smallest absolute Gasteiger partial charge is 0.253 e. The molecule has 2 aromatic heterocycles. The molecule has 9 nitrogen and oxygen atoms in total. The number of hydrogen-bond acceptors (Lipinski definition) is 7. The third-order valence-corrected chi connectivity index (χ3v) is 7.33. The molecular weight excluding hydrogens is 454 g/mol. The van der Waals surface area contributed by atoms with Gasteiger partial charge in [0.15, 0.2) is 5.82 Å². The number of benzene rings is 2. The van der Waals surface area contributed by atoms with Crippen LogP contribution in [0.3, 0.4) is 0 Å². The van der Waals surface area contributed by atoms with Crippen molar-refractivity contribution in [1.82, 2.24) is 30.1 Å². The fourth-order valence-corrected chi connectivity index (χ4v) is 5.43. The Morgan fingerprint density at radius 1 is 1.08 bits per heavy atom. The van der Waals surface area contributed by atoms with Gasteiger partial charge < -0.3 is 14.6 Å². The number of pyridine rings is 1. The second kappa shape index (κ2) is 9.83. The summed E-state index contributed by atoms with van der Waals surface area (Å²) in [4.78, 5) is 21.3. The molecule has 0 radical (unpaired) electrons. The fourth-order valence-electron chi connectivity index (χ4n) is 5.43. The quantitative estimate of drug-likeness (QED) is 0.449. The summed E-state index contributed by atoms with van der Waals surface area (Å²) in [5.74, 6) is 0.690. The summed E-state index contributed by atoms with van der Waals surface area (Å²) in [5.41, 5.74) is 3.74. The van der Waals surface area contributed by atoms with Gasteiger partial charge in [-0.15, -0.1) is 5.10 Å². The van der Waals surface area contributed by atoms with Crippen molar-refractivity contribution in [3.05, 3.63) is 81.9 Å². The minimum atomic E-state index is -0.353. The summed E-state index contributed by atoms with van der Waals surface area (Å²) in [5, 5.41) is 13.8. The molecule has 9 heteroatoms. The monoisotopic (exact) mass is 485 g/mol. The third kappa shape index (κ3) is 4.52. The lowest BCUT2D eigenvalue weighted by molar-refractivity contribution is 0.0906. The fraction of sp³-hybridized carbons (Fsp3) is 0.407. The van der Waals surface area contributed by atoms with Crippen LogP contribution in [0, 0.1) is 6.92 Å². The lowest BCUT2D eigenvalue weighted by Crippen LogP contribution is -2.49. The van der Waals surface area contributed by atoms with Gasteiger partial charge in [0, 0.05) is 49.6 Å². The molecule has 2 aromatic carbocycles. The first kappa shape index (κ1) is 22.9. The predicted octanol–water partition coefficient (Wildman–Crippen LogP) is 2.91. The number of ether oxygens (including phenoxy) is 1. The standard InChI is InChI=1S/C27H31N7O2/c1-19-9-10-20-17-23(27(35)28-24(20)16-19)25(26-29-30-31-34(26)18-22-8-5-15-36-22)33-13-11-32(12-14-33)21-6-3-2-4-7-21/h2-4,6-7,9-10,16-17,22,25H,5,8,11-15,18H2,1H3,(H,28,35)/t22-,25-/m1/s1. The number of nitrogens with zero attached hydrogens (tertiary/aromatic N) is 6. The van der Waals surface area contributed by atoms with Crippen molar-refractivity contribution in [2.24, 2.45) is 0 Å². The van der Waals surface area contributed by atoms with Crippen LogP contribution in [0.1, 0.15) is 35.8 Å². The van der Waals surface area contributed by atoms with Crippen molar-refractivity contribution in [2.45, 2.75) is 38.5 Å². The summed E-state index contributed by atoms with van der Waals surface area (Å²) in [6.07, 6.45) is 2.15. The average molecular weight is 486 g/mol. The zero-order chi connectivity index (χ0) is 24.5. The summed E-state index contributed by atoms with van der Waals surface area (Å²) in [7, 11) is 0. The van der Waals surface area contributed by atoms with Crippen molar-refractivity contribution in [3.8, 4) is 0 Å². The molecule has 0 bridgehead atoms. The van der Waals surface area contributed by atoms with Crippen LogP contribution < -0.4 is 10.5 Å². The van der Waals surface area contributed by atoms with Crippen LogP contribution in [0.25, 0.3) is 10.9 Å². The molecule has 0 unspecified atom stereocenters. The molecule has 2 atom stereocenters. The largest absolute Gasteiger partial charge is 0.376 e. The van der Waals surface area contributed by atoms with E-state index in [1.54, 1.807) is 0 Å². The van der Waals surface area contributed by atoms with E-state index in [2.05, 4.69) is 66.7 Å². The zero-order valence-electron chi connectivity index (χ0n) is 20.5. The van der Waals surface area contributed by atoms with Gasteiger partial charge in [0.2, 0.25) is 0 Å². The molecule has 2 aliphatic rings. The molecule has 6 rings (SSSR count). The lowest BCUT2D eigenvalue weighted by Gasteiger charge is -2.39. The molecule has 2 aliphatic heterocycles. The summed E-state index contributed by atoms with van der Waals surface area (Å²) >= 11 is 0. The Morgan fingerprint density at radius 2 is 1.92 bits per heavy atom. The van der Waals surface area contributed by atoms with Gasteiger partial charge in [0.1, 0.15) is 6.04 Å². The van der Waals surface area contributed by atoms with E-state index in [4.69, 9.17) is 4.74 Å². The number of rotatable bonds is 6. The van der Waals surface area contributed by atoms with Crippen LogP contribution in [0.4, 0.5) is 5.69 Å². The third-order valence-electron chi connectivity index (χ3n) is 7.33. The van der Waals surface area contributed by atoms with Crippen LogP contribution in [0.2, 0.25) is 0 Å². The SMILES string of the molecule is Cc1ccc2cc([C@H](c3nnnn3C[C@H]3CCCO3)N3CCN(c4ccccc4)CC3)c(=O)[nH]c2c1. The number of fused-ring (bicyclic) bond motifs is 1. The molecule has 2 saturated heterocycles. The molecule has 0 spiro atoms. The first-order valence-corrected chi connectivity index (χ1v) is 12.7. The minimum Gasteiger partial charge on any atom is -0.376 e. The molecule has 4 heterocycles. The maximum Gasteiger partial charge on any atom is 0.253 e. The van der Waals surface area contributed by atoms with E-state index >= 15 is 0 Å². The highest BCUT2D eigenvalue weighted by Gasteiger charge is 2.33. The van der Waals surface area contributed by atoms with Gasteiger partial charge in [-0.05, 0) is 65.4 Å². The lowest BCUT2D eigenvalue weighted by atomic mass is 10.0. The maximum absolute atomic E-state index is 13.5. The number of para-hydroxylation sites is 1. The van der Waals surface area contributed by atoms with Crippen molar-refractivity contribution in [3.63, 3.8) is 0 Å². The van der Waals surface area contributed by atoms with Gasteiger partial charge in [-0.25, -0.2) is 4.68 Å². The number of nitrogens with one attached hydrogen (secondary N) is 1. The maximum atomic E-state index is 13.5. The van der Waals surface area contributed by atoms with Gasteiger partial charge in [-0.2, -0.15) is 0 Å². The summed E-state index contributed by atoms with van der Waals surface area (Å²) in [6.45, 7) is 6.69. The Bertz CT molecular complexity index is 1390. The Hall–Kier alpha value is -3.56. The zero-order valence-corrected chi connectivity index (χ0v) is 20.5. The van der Waals surface area contributed by atoms with E-state index in [9.17, 15) is 4.79 Å². The summed E-state index contributed by atoms with van der Waals surface area (Å²) in [6, 6.07) is 18.3. The van der Waals surface area contributed by atoms with Gasteiger partial charge in [0.05, 0.1) is 12.6 Å². The van der Waals surface area contributed by atoms with Crippen LogP contribution in [-0.2, 0) is 11.3 Å². The number of aromatic amines is 1. The van der Waals surface area contributed by atoms with Crippen molar-refractivity contribution in [2.75, 3.05) is 37.7 Å². The number of tetrazole rings is 1. The van der Waals surface area contributed by atoms with E-state index in [0.29, 0.717) is 17.9 Å². The summed E-state index contributed by atoms with van der Waals surface area (Å²) < 4.78 is 7.70.